The highest BCUT2D eigenvalue weighted by molar-refractivity contribution is 9.10. The molecule has 100 valence electrons. The summed E-state index contributed by atoms with van der Waals surface area (Å²) in [5.41, 5.74) is 0.790. The highest BCUT2D eigenvalue weighted by atomic mass is 79.9. The minimum Gasteiger partial charge on any atom is -0.341 e. The number of alkyl halides is 3. The normalized spacial score (nSPS) is 18.2. The molecule has 1 aliphatic heterocycles. The van der Waals surface area contributed by atoms with E-state index in [1.807, 2.05) is 11.8 Å². The standard InChI is InChI=1S/C11H13BrF3N3/c1-7-9(12)6-16-10(17-7)18-4-2-8(3-5-18)11(13,14)15/h6,8H,2-5H2,1H3. The van der Waals surface area contributed by atoms with Crippen LogP contribution >= 0.6 is 15.9 Å². The van der Waals surface area contributed by atoms with E-state index in [1.165, 1.54) is 0 Å². The number of anilines is 1. The number of hydrogen-bond acceptors (Lipinski definition) is 3. The lowest BCUT2D eigenvalue weighted by molar-refractivity contribution is -0.179. The lowest BCUT2D eigenvalue weighted by Gasteiger charge is -2.32. The number of rotatable bonds is 1. The van der Waals surface area contributed by atoms with Crippen molar-refractivity contribution in [1.82, 2.24) is 9.97 Å². The molecule has 1 aromatic rings. The Bertz CT molecular complexity index is 428. The predicted molar refractivity (Wildman–Crippen MR) is 65.5 cm³/mol. The Kier molecular flexibility index (Phi) is 3.79. The smallest absolute Gasteiger partial charge is 0.341 e. The van der Waals surface area contributed by atoms with Gasteiger partial charge in [-0.3, -0.25) is 0 Å². The van der Waals surface area contributed by atoms with Gasteiger partial charge in [0.1, 0.15) is 0 Å². The van der Waals surface area contributed by atoms with Gasteiger partial charge in [-0.05, 0) is 35.7 Å². The van der Waals surface area contributed by atoms with Crippen LogP contribution in [-0.2, 0) is 0 Å². The summed E-state index contributed by atoms with van der Waals surface area (Å²) in [4.78, 5) is 10.2. The summed E-state index contributed by atoms with van der Waals surface area (Å²) in [6, 6.07) is 0. The molecule has 1 fully saturated rings. The third-order valence-corrected chi connectivity index (χ3v) is 3.93. The third kappa shape index (κ3) is 2.93. The van der Waals surface area contributed by atoms with Crippen molar-refractivity contribution in [2.24, 2.45) is 5.92 Å². The summed E-state index contributed by atoms with van der Waals surface area (Å²) in [6.45, 7) is 2.54. The number of aryl methyl sites for hydroxylation is 1. The van der Waals surface area contributed by atoms with Gasteiger partial charge in [-0.15, -0.1) is 0 Å². The molecule has 0 unspecified atom stereocenters. The maximum absolute atomic E-state index is 12.5. The average molecular weight is 324 g/mol. The number of piperidine rings is 1. The van der Waals surface area contributed by atoms with Crippen LogP contribution < -0.4 is 4.90 Å². The average Bonchev–Trinajstić information content (AvgIpc) is 2.32. The van der Waals surface area contributed by atoms with Crippen LogP contribution in [-0.4, -0.2) is 29.2 Å². The van der Waals surface area contributed by atoms with Crippen LogP contribution in [0, 0.1) is 12.8 Å². The van der Waals surface area contributed by atoms with E-state index in [0.29, 0.717) is 19.0 Å². The molecule has 0 aliphatic carbocycles. The molecule has 0 radical (unpaired) electrons. The Balaban J connectivity index is 2.03. The number of nitrogens with zero attached hydrogens (tertiary/aromatic N) is 3. The molecule has 1 saturated heterocycles. The quantitative estimate of drug-likeness (QED) is 0.793. The molecule has 2 rings (SSSR count). The first kappa shape index (κ1) is 13.6. The molecule has 2 heterocycles. The Morgan fingerprint density at radius 2 is 1.94 bits per heavy atom. The van der Waals surface area contributed by atoms with Crippen molar-refractivity contribution in [3.8, 4) is 0 Å². The Morgan fingerprint density at radius 1 is 1.33 bits per heavy atom. The van der Waals surface area contributed by atoms with Crippen molar-refractivity contribution >= 4 is 21.9 Å². The van der Waals surface area contributed by atoms with E-state index in [1.54, 1.807) is 6.20 Å². The van der Waals surface area contributed by atoms with E-state index in [0.717, 1.165) is 10.2 Å². The molecule has 7 heteroatoms. The van der Waals surface area contributed by atoms with Gasteiger partial charge in [0.05, 0.1) is 16.1 Å². The first-order chi connectivity index (χ1) is 8.38. The molecule has 0 saturated carbocycles. The van der Waals surface area contributed by atoms with E-state index < -0.39 is 12.1 Å². The van der Waals surface area contributed by atoms with Crippen molar-refractivity contribution in [2.45, 2.75) is 25.9 Å². The topological polar surface area (TPSA) is 29.0 Å². The fourth-order valence-electron chi connectivity index (χ4n) is 2.00. The van der Waals surface area contributed by atoms with Gasteiger partial charge in [-0.25, -0.2) is 9.97 Å². The van der Waals surface area contributed by atoms with Gasteiger partial charge in [0, 0.05) is 19.3 Å². The fourth-order valence-corrected chi connectivity index (χ4v) is 2.19. The lowest BCUT2D eigenvalue weighted by atomic mass is 9.96. The van der Waals surface area contributed by atoms with Gasteiger partial charge >= 0.3 is 6.18 Å². The third-order valence-electron chi connectivity index (χ3n) is 3.15. The molecule has 3 nitrogen and oxygen atoms in total. The summed E-state index contributed by atoms with van der Waals surface area (Å²) in [5, 5.41) is 0. The van der Waals surface area contributed by atoms with Crippen LogP contribution in [0.25, 0.3) is 0 Å². The molecular formula is C11H13BrF3N3. The van der Waals surface area contributed by atoms with Crippen LogP contribution in [0.2, 0.25) is 0 Å². The zero-order chi connectivity index (χ0) is 13.3. The van der Waals surface area contributed by atoms with Crippen molar-refractivity contribution < 1.29 is 13.2 Å². The lowest BCUT2D eigenvalue weighted by Crippen LogP contribution is -2.39. The maximum atomic E-state index is 12.5. The van der Waals surface area contributed by atoms with Crippen molar-refractivity contribution in [1.29, 1.82) is 0 Å². The van der Waals surface area contributed by atoms with Gasteiger partial charge in [-0.1, -0.05) is 0 Å². The van der Waals surface area contributed by atoms with Crippen LogP contribution in [0.4, 0.5) is 19.1 Å². The minimum absolute atomic E-state index is 0.113. The van der Waals surface area contributed by atoms with Crippen LogP contribution in [0.1, 0.15) is 18.5 Å². The minimum atomic E-state index is -4.08. The molecule has 0 bridgehead atoms. The Labute approximate surface area is 112 Å². The molecule has 0 N–H and O–H groups in total. The second kappa shape index (κ2) is 5.03. The molecule has 18 heavy (non-hydrogen) atoms. The first-order valence-corrected chi connectivity index (χ1v) is 6.48. The zero-order valence-electron chi connectivity index (χ0n) is 9.84. The zero-order valence-corrected chi connectivity index (χ0v) is 11.4. The largest absolute Gasteiger partial charge is 0.391 e. The SMILES string of the molecule is Cc1nc(N2CCC(C(F)(F)F)CC2)ncc1Br. The van der Waals surface area contributed by atoms with Crippen LogP contribution in [0.5, 0.6) is 0 Å². The predicted octanol–water partition coefficient (Wildman–Crippen LogP) is 3.33. The molecule has 1 aromatic heterocycles. The van der Waals surface area contributed by atoms with Crippen LogP contribution in [0.15, 0.2) is 10.7 Å². The molecule has 0 spiro atoms. The summed E-state index contributed by atoms with van der Waals surface area (Å²) in [7, 11) is 0. The summed E-state index contributed by atoms with van der Waals surface area (Å²) >= 11 is 3.30. The summed E-state index contributed by atoms with van der Waals surface area (Å²) in [6.07, 6.45) is -2.22. The van der Waals surface area contributed by atoms with E-state index in [4.69, 9.17) is 0 Å². The highest BCUT2D eigenvalue weighted by Gasteiger charge is 2.41. The van der Waals surface area contributed by atoms with Crippen molar-refractivity contribution in [3.05, 3.63) is 16.4 Å². The maximum Gasteiger partial charge on any atom is 0.391 e. The van der Waals surface area contributed by atoms with Crippen LogP contribution in [0.3, 0.4) is 0 Å². The fraction of sp³-hybridized carbons (Fsp3) is 0.636. The van der Waals surface area contributed by atoms with Crippen molar-refractivity contribution in [2.75, 3.05) is 18.0 Å². The number of aromatic nitrogens is 2. The molecule has 0 atom stereocenters. The summed E-state index contributed by atoms with van der Waals surface area (Å²) < 4.78 is 38.4. The van der Waals surface area contributed by atoms with Gasteiger partial charge in [0.15, 0.2) is 0 Å². The second-order valence-corrected chi connectivity index (χ2v) is 5.26. The van der Waals surface area contributed by atoms with Gasteiger partial charge in [0.2, 0.25) is 5.95 Å². The molecule has 1 aliphatic rings. The van der Waals surface area contributed by atoms with E-state index in [9.17, 15) is 13.2 Å². The van der Waals surface area contributed by atoms with Gasteiger partial charge < -0.3 is 4.90 Å². The number of halogens is 4. The van der Waals surface area contributed by atoms with Gasteiger partial charge in [0.25, 0.3) is 0 Å². The monoisotopic (exact) mass is 323 g/mol. The van der Waals surface area contributed by atoms with Crippen molar-refractivity contribution in [3.63, 3.8) is 0 Å². The highest BCUT2D eigenvalue weighted by Crippen LogP contribution is 2.34. The van der Waals surface area contributed by atoms with E-state index in [2.05, 4.69) is 25.9 Å². The Morgan fingerprint density at radius 3 is 2.44 bits per heavy atom. The first-order valence-electron chi connectivity index (χ1n) is 5.68. The Hall–Kier alpha value is -0.850. The van der Waals surface area contributed by atoms with E-state index >= 15 is 0 Å². The summed E-state index contributed by atoms with van der Waals surface area (Å²) in [5.74, 6) is -0.679. The molecule has 0 amide bonds. The van der Waals surface area contributed by atoms with E-state index in [-0.39, 0.29) is 12.8 Å². The van der Waals surface area contributed by atoms with Gasteiger partial charge in [-0.2, -0.15) is 13.2 Å². The second-order valence-electron chi connectivity index (χ2n) is 4.41. The number of hydrogen-bond donors (Lipinski definition) is 0. The molecule has 0 aromatic carbocycles. The molecular weight excluding hydrogens is 311 g/mol.